The van der Waals surface area contributed by atoms with E-state index in [0.717, 1.165) is 25.3 Å². The highest BCUT2D eigenvalue weighted by molar-refractivity contribution is 6.32. The highest BCUT2D eigenvalue weighted by atomic mass is 35.5. The lowest BCUT2D eigenvalue weighted by Crippen LogP contribution is -2.23. The lowest BCUT2D eigenvalue weighted by atomic mass is 10.3. The summed E-state index contributed by atoms with van der Waals surface area (Å²) in [7, 11) is 3.96. The molecule has 3 nitrogen and oxygen atoms in total. The van der Waals surface area contributed by atoms with Crippen molar-refractivity contribution in [2.45, 2.75) is 6.42 Å². The predicted molar refractivity (Wildman–Crippen MR) is 61.1 cm³/mol. The summed E-state index contributed by atoms with van der Waals surface area (Å²) < 4.78 is 0. The zero-order valence-corrected chi connectivity index (χ0v) is 9.38. The highest BCUT2D eigenvalue weighted by Crippen LogP contribution is 2.20. The first-order valence-electron chi connectivity index (χ1n) is 4.72. The van der Waals surface area contributed by atoms with Crippen molar-refractivity contribution >= 4 is 17.4 Å². The Hall–Kier alpha value is -0.800. The molecule has 0 aromatic carbocycles. The van der Waals surface area contributed by atoms with E-state index in [2.05, 4.69) is 15.2 Å². The minimum atomic E-state index is 0.708. The van der Waals surface area contributed by atoms with E-state index in [1.807, 2.05) is 26.2 Å². The molecule has 0 saturated heterocycles. The molecule has 0 amide bonds. The van der Waals surface area contributed by atoms with Crippen molar-refractivity contribution in [3.05, 3.63) is 23.4 Å². The molecule has 4 heteroatoms. The summed E-state index contributed by atoms with van der Waals surface area (Å²) in [5.74, 6) is 0.852. The van der Waals surface area contributed by atoms with Gasteiger partial charge in [0.25, 0.3) is 0 Å². The first-order chi connectivity index (χ1) is 6.75. The van der Waals surface area contributed by atoms with Crippen LogP contribution >= 0.6 is 11.6 Å². The second-order valence-corrected chi connectivity index (χ2v) is 3.59. The minimum absolute atomic E-state index is 0.708. The second-order valence-electron chi connectivity index (χ2n) is 3.19. The molecule has 1 aromatic rings. The highest BCUT2D eigenvalue weighted by Gasteiger charge is 2.05. The van der Waals surface area contributed by atoms with Crippen LogP contribution in [0.2, 0.25) is 5.02 Å². The van der Waals surface area contributed by atoms with Crippen molar-refractivity contribution in [1.29, 1.82) is 0 Å². The van der Waals surface area contributed by atoms with Gasteiger partial charge >= 0.3 is 0 Å². The summed E-state index contributed by atoms with van der Waals surface area (Å²) in [5, 5.41) is 3.82. The fourth-order valence-corrected chi connectivity index (χ4v) is 1.52. The number of hydrogen-bond donors (Lipinski definition) is 1. The second kappa shape index (κ2) is 5.83. The molecule has 0 bridgehead atoms. The molecule has 0 radical (unpaired) electrons. The van der Waals surface area contributed by atoms with Gasteiger partial charge in [-0.2, -0.15) is 0 Å². The maximum absolute atomic E-state index is 6.01. The average molecular weight is 214 g/mol. The number of aromatic nitrogens is 1. The zero-order chi connectivity index (χ0) is 10.4. The monoisotopic (exact) mass is 213 g/mol. The predicted octanol–water partition coefficient (Wildman–Crippen LogP) is 1.78. The van der Waals surface area contributed by atoms with Gasteiger partial charge in [0, 0.05) is 19.8 Å². The van der Waals surface area contributed by atoms with Crippen LogP contribution in [-0.2, 0) is 0 Å². The average Bonchev–Trinajstić information content (AvgIpc) is 2.18. The molecule has 1 aromatic heterocycles. The third-order valence-corrected chi connectivity index (χ3v) is 2.32. The van der Waals surface area contributed by atoms with Crippen LogP contribution in [0.25, 0.3) is 0 Å². The molecular formula is C10H16ClN3. The van der Waals surface area contributed by atoms with E-state index in [1.54, 1.807) is 6.20 Å². The van der Waals surface area contributed by atoms with Gasteiger partial charge in [0.05, 0.1) is 5.02 Å². The Morgan fingerprint density at radius 3 is 3.00 bits per heavy atom. The third kappa shape index (κ3) is 3.16. The van der Waals surface area contributed by atoms with Crippen LogP contribution < -0.4 is 10.2 Å². The topological polar surface area (TPSA) is 28.2 Å². The number of rotatable bonds is 5. The molecule has 1 rings (SSSR count). The van der Waals surface area contributed by atoms with Gasteiger partial charge in [0.1, 0.15) is 5.82 Å². The molecule has 0 atom stereocenters. The van der Waals surface area contributed by atoms with Crippen LogP contribution in [0.1, 0.15) is 6.42 Å². The van der Waals surface area contributed by atoms with Crippen molar-refractivity contribution < 1.29 is 0 Å². The van der Waals surface area contributed by atoms with Gasteiger partial charge < -0.3 is 10.2 Å². The van der Waals surface area contributed by atoms with Gasteiger partial charge in [-0.3, -0.25) is 0 Å². The maximum atomic E-state index is 6.01. The molecule has 0 aliphatic carbocycles. The Labute approximate surface area is 90.1 Å². The van der Waals surface area contributed by atoms with Gasteiger partial charge in [0.2, 0.25) is 0 Å². The summed E-state index contributed by atoms with van der Waals surface area (Å²) in [5.41, 5.74) is 0. The summed E-state index contributed by atoms with van der Waals surface area (Å²) in [4.78, 5) is 6.30. The molecule has 0 unspecified atom stereocenters. The SMILES string of the molecule is CNCCCN(C)c1ncccc1Cl. The van der Waals surface area contributed by atoms with Gasteiger partial charge in [-0.25, -0.2) is 4.98 Å². The minimum Gasteiger partial charge on any atom is -0.358 e. The normalized spacial score (nSPS) is 10.2. The number of nitrogens with zero attached hydrogens (tertiary/aromatic N) is 2. The van der Waals surface area contributed by atoms with Crippen molar-refractivity contribution in [2.75, 3.05) is 32.1 Å². The van der Waals surface area contributed by atoms with Crippen molar-refractivity contribution in [2.24, 2.45) is 0 Å². The summed E-state index contributed by atoms with van der Waals surface area (Å²) in [6, 6.07) is 3.70. The maximum Gasteiger partial charge on any atom is 0.147 e. The fraction of sp³-hybridized carbons (Fsp3) is 0.500. The molecular weight excluding hydrogens is 198 g/mol. The Balaban J connectivity index is 2.51. The van der Waals surface area contributed by atoms with Crippen LogP contribution in [0, 0.1) is 0 Å². The lowest BCUT2D eigenvalue weighted by Gasteiger charge is -2.18. The molecule has 0 saturated carbocycles. The first-order valence-corrected chi connectivity index (χ1v) is 5.09. The van der Waals surface area contributed by atoms with E-state index in [1.165, 1.54) is 0 Å². The van der Waals surface area contributed by atoms with Crippen molar-refractivity contribution in [3.8, 4) is 0 Å². The van der Waals surface area contributed by atoms with Crippen LogP contribution in [-0.4, -0.2) is 32.2 Å². The van der Waals surface area contributed by atoms with E-state index in [9.17, 15) is 0 Å². The van der Waals surface area contributed by atoms with Crippen LogP contribution in [0.4, 0.5) is 5.82 Å². The van der Waals surface area contributed by atoms with E-state index in [0.29, 0.717) is 5.02 Å². The first kappa shape index (κ1) is 11.3. The zero-order valence-electron chi connectivity index (χ0n) is 8.63. The third-order valence-electron chi connectivity index (χ3n) is 2.02. The van der Waals surface area contributed by atoms with Crippen molar-refractivity contribution in [3.63, 3.8) is 0 Å². The molecule has 1 N–H and O–H groups in total. The van der Waals surface area contributed by atoms with E-state index >= 15 is 0 Å². The molecule has 0 aliphatic rings. The van der Waals surface area contributed by atoms with Crippen molar-refractivity contribution in [1.82, 2.24) is 10.3 Å². The Bertz CT molecular complexity index is 278. The Morgan fingerprint density at radius 1 is 1.57 bits per heavy atom. The summed E-state index contributed by atoms with van der Waals surface area (Å²) in [6.45, 7) is 1.96. The number of nitrogens with one attached hydrogen (secondary N) is 1. The molecule has 0 fully saturated rings. The number of hydrogen-bond acceptors (Lipinski definition) is 3. The van der Waals surface area contributed by atoms with Gasteiger partial charge in [0.15, 0.2) is 0 Å². The standard InChI is InChI=1S/C10H16ClN3/c1-12-6-4-8-14(2)10-9(11)5-3-7-13-10/h3,5,7,12H,4,6,8H2,1-2H3. The number of halogens is 1. The van der Waals surface area contributed by atoms with E-state index in [4.69, 9.17) is 11.6 Å². The Morgan fingerprint density at radius 2 is 2.36 bits per heavy atom. The number of anilines is 1. The molecule has 0 aliphatic heterocycles. The molecule has 0 spiro atoms. The molecule has 1 heterocycles. The Kier molecular flexibility index (Phi) is 4.70. The smallest absolute Gasteiger partial charge is 0.147 e. The summed E-state index contributed by atoms with van der Waals surface area (Å²) >= 11 is 6.01. The van der Waals surface area contributed by atoms with Crippen LogP contribution in [0.15, 0.2) is 18.3 Å². The fourth-order valence-electron chi connectivity index (χ4n) is 1.26. The summed E-state index contributed by atoms with van der Waals surface area (Å²) in [6.07, 6.45) is 2.84. The molecule has 78 valence electrons. The largest absolute Gasteiger partial charge is 0.358 e. The van der Waals surface area contributed by atoms with E-state index in [-0.39, 0.29) is 0 Å². The quantitative estimate of drug-likeness (QED) is 0.756. The van der Waals surface area contributed by atoms with Gasteiger partial charge in [-0.05, 0) is 32.1 Å². The van der Waals surface area contributed by atoms with Gasteiger partial charge in [-0.1, -0.05) is 11.6 Å². The van der Waals surface area contributed by atoms with E-state index < -0.39 is 0 Å². The van der Waals surface area contributed by atoms with Gasteiger partial charge in [-0.15, -0.1) is 0 Å². The van der Waals surface area contributed by atoms with Crippen LogP contribution in [0.5, 0.6) is 0 Å². The lowest BCUT2D eigenvalue weighted by molar-refractivity contribution is 0.709. The van der Waals surface area contributed by atoms with Crippen LogP contribution in [0.3, 0.4) is 0 Å². The molecule has 14 heavy (non-hydrogen) atoms. The number of pyridine rings is 1.